The minimum Gasteiger partial charge on any atom is -0.315 e. The quantitative estimate of drug-likeness (QED) is 0.724. The molecular formula is C11H16N4O. The van der Waals surface area contributed by atoms with Gasteiger partial charge in [-0.15, -0.1) is 0 Å². The van der Waals surface area contributed by atoms with Crippen molar-refractivity contribution in [1.29, 1.82) is 0 Å². The van der Waals surface area contributed by atoms with E-state index in [-0.39, 0.29) is 5.78 Å². The molecule has 2 rings (SSSR count). The minimum atomic E-state index is 0.0509. The lowest BCUT2D eigenvalue weighted by atomic mass is 10.2. The highest BCUT2D eigenvalue weighted by Crippen LogP contribution is 1.99. The summed E-state index contributed by atoms with van der Waals surface area (Å²) in [7, 11) is 0. The van der Waals surface area contributed by atoms with E-state index < -0.39 is 0 Å². The van der Waals surface area contributed by atoms with Crippen molar-refractivity contribution >= 4 is 5.78 Å². The number of carbonyl (C=O) groups is 1. The molecule has 1 saturated heterocycles. The van der Waals surface area contributed by atoms with Crippen molar-refractivity contribution in [3.8, 4) is 0 Å². The van der Waals surface area contributed by atoms with Crippen LogP contribution in [0, 0.1) is 0 Å². The molecule has 5 heteroatoms. The Morgan fingerprint density at radius 3 is 3.12 bits per heavy atom. The van der Waals surface area contributed by atoms with Crippen molar-refractivity contribution in [2.24, 2.45) is 0 Å². The van der Waals surface area contributed by atoms with Gasteiger partial charge in [0.25, 0.3) is 0 Å². The van der Waals surface area contributed by atoms with E-state index in [4.69, 9.17) is 0 Å². The maximum atomic E-state index is 11.9. The fourth-order valence-electron chi connectivity index (χ4n) is 1.79. The van der Waals surface area contributed by atoms with Gasteiger partial charge in [-0.3, -0.25) is 14.7 Å². The summed E-state index contributed by atoms with van der Waals surface area (Å²) in [5, 5.41) is 3.31. The number of hydrogen-bond donors (Lipinski definition) is 1. The monoisotopic (exact) mass is 220 g/mol. The van der Waals surface area contributed by atoms with Gasteiger partial charge in [-0.2, -0.15) is 0 Å². The molecule has 1 N–H and O–H groups in total. The van der Waals surface area contributed by atoms with Crippen molar-refractivity contribution in [2.75, 3.05) is 32.7 Å². The zero-order valence-electron chi connectivity index (χ0n) is 9.22. The Labute approximate surface area is 94.9 Å². The van der Waals surface area contributed by atoms with Crippen LogP contribution in [0.25, 0.3) is 0 Å². The van der Waals surface area contributed by atoms with Crippen LogP contribution in [-0.2, 0) is 0 Å². The third kappa shape index (κ3) is 3.08. The van der Waals surface area contributed by atoms with Crippen LogP contribution >= 0.6 is 0 Å². The van der Waals surface area contributed by atoms with E-state index in [1.807, 2.05) is 0 Å². The van der Waals surface area contributed by atoms with Crippen LogP contribution in [0.3, 0.4) is 0 Å². The Morgan fingerprint density at radius 1 is 1.38 bits per heavy atom. The number of hydrogen-bond acceptors (Lipinski definition) is 5. The summed E-state index contributed by atoms with van der Waals surface area (Å²) in [5.74, 6) is 0.0509. The number of aromatic nitrogens is 2. The van der Waals surface area contributed by atoms with Crippen LogP contribution in [0.4, 0.5) is 0 Å². The van der Waals surface area contributed by atoms with Gasteiger partial charge in [0.05, 0.1) is 12.7 Å². The maximum Gasteiger partial charge on any atom is 0.196 e. The molecule has 1 fully saturated rings. The summed E-state index contributed by atoms with van der Waals surface area (Å²) >= 11 is 0. The van der Waals surface area contributed by atoms with Crippen molar-refractivity contribution in [3.05, 3.63) is 24.3 Å². The molecule has 0 radical (unpaired) electrons. The second kappa shape index (κ2) is 5.67. The molecule has 2 heterocycles. The third-order valence-electron chi connectivity index (χ3n) is 2.65. The summed E-state index contributed by atoms with van der Waals surface area (Å²) in [6.45, 7) is 4.33. The summed E-state index contributed by atoms with van der Waals surface area (Å²) in [6, 6.07) is 0. The molecule has 1 aromatic rings. The van der Waals surface area contributed by atoms with Crippen molar-refractivity contribution in [1.82, 2.24) is 20.2 Å². The van der Waals surface area contributed by atoms with Gasteiger partial charge in [0.1, 0.15) is 5.69 Å². The summed E-state index contributed by atoms with van der Waals surface area (Å²) in [6.07, 6.45) is 5.75. The van der Waals surface area contributed by atoms with Gasteiger partial charge in [-0.05, 0) is 19.5 Å². The van der Waals surface area contributed by atoms with Gasteiger partial charge in [0, 0.05) is 25.5 Å². The lowest BCUT2D eigenvalue weighted by Crippen LogP contribution is -2.33. The van der Waals surface area contributed by atoms with Gasteiger partial charge < -0.3 is 5.32 Å². The van der Waals surface area contributed by atoms with Crippen molar-refractivity contribution in [2.45, 2.75) is 6.42 Å². The molecule has 0 aromatic carbocycles. The number of carbonyl (C=O) groups excluding carboxylic acids is 1. The van der Waals surface area contributed by atoms with Crippen molar-refractivity contribution < 1.29 is 4.79 Å². The minimum absolute atomic E-state index is 0.0509. The number of rotatable bonds is 3. The average Bonchev–Trinajstić information content (AvgIpc) is 2.59. The predicted octanol–water partition coefficient (Wildman–Crippen LogP) is -0.0454. The van der Waals surface area contributed by atoms with Gasteiger partial charge in [-0.1, -0.05) is 0 Å². The SMILES string of the molecule is O=C(CN1CCCNCC1)c1cnccn1. The van der Waals surface area contributed by atoms with Gasteiger partial charge in [0.2, 0.25) is 0 Å². The molecule has 1 aliphatic rings. The van der Waals surface area contributed by atoms with Crippen LogP contribution in [0.1, 0.15) is 16.9 Å². The Balaban J connectivity index is 1.91. The van der Waals surface area contributed by atoms with E-state index in [2.05, 4.69) is 20.2 Å². The van der Waals surface area contributed by atoms with Crippen LogP contribution in [0.5, 0.6) is 0 Å². The predicted molar refractivity (Wildman–Crippen MR) is 60.3 cm³/mol. The third-order valence-corrected chi connectivity index (χ3v) is 2.65. The molecule has 16 heavy (non-hydrogen) atoms. The first-order valence-electron chi connectivity index (χ1n) is 5.58. The molecule has 0 aliphatic carbocycles. The Hall–Kier alpha value is -1.33. The first-order chi connectivity index (χ1) is 7.86. The molecule has 0 amide bonds. The van der Waals surface area contributed by atoms with Crippen LogP contribution in [0.2, 0.25) is 0 Å². The number of nitrogens with zero attached hydrogens (tertiary/aromatic N) is 3. The summed E-state index contributed by atoms with van der Waals surface area (Å²) < 4.78 is 0. The average molecular weight is 220 g/mol. The fourth-order valence-corrected chi connectivity index (χ4v) is 1.79. The zero-order valence-corrected chi connectivity index (χ0v) is 9.22. The highest BCUT2D eigenvalue weighted by atomic mass is 16.1. The van der Waals surface area contributed by atoms with Gasteiger partial charge in [0.15, 0.2) is 5.78 Å². The van der Waals surface area contributed by atoms with Gasteiger partial charge >= 0.3 is 0 Å². The van der Waals surface area contributed by atoms with E-state index in [0.29, 0.717) is 12.2 Å². The smallest absolute Gasteiger partial charge is 0.196 e. The molecule has 0 atom stereocenters. The standard InChI is InChI=1S/C11H16N4O/c16-11(10-8-13-3-4-14-10)9-15-6-1-2-12-5-7-15/h3-4,8,12H,1-2,5-7,9H2. The molecular weight excluding hydrogens is 204 g/mol. The largest absolute Gasteiger partial charge is 0.315 e. The Morgan fingerprint density at radius 2 is 2.31 bits per heavy atom. The second-order valence-corrected chi connectivity index (χ2v) is 3.89. The summed E-state index contributed by atoms with van der Waals surface area (Å²) in [5.41, 5.74) is 0.458. The molecule has 1 aromatic heterocycles. The molecule has 0 bridgehead atoms. The van der Waals surface area contributed by atoms with Gasteiger partial charge in [-0.25, -0.2) is 4.98 Å². The fraction of sp³-hybridized carbons (Fsp3) is 0.545. The van der Waals surface area contributed by atoms with E-state index in [0.717, 1.165) is 32.6 Å². The van der Waals surface area contributed by atoms with Crippen LogP contribution in [0.15, 0.2) is 18.6 Å². The van der Waals surface area contributed by atoms with E-state index in [1.165, 1.54) is 6.20 Å². The lowest BCUT2D eigenvalue weighted by Gasteiger charge is -2.17. The maximum absolute atomic E-state index is 11.9. The number of ketones is 1. The first-order valence-corrected chi connectivity index (χ1v) is 5.58. The molecule has 5 nitrogen and oxygen atoms in total. The Kier molecular flexibility index (Phi) is 3.96. The second-order valence-electron chi connectivity index (χ2n) is 3.89. The van der Waals surface area contributed by atoms with Crippen LogP contribution < -0.4 is 5.32 Å². The Bertz CT molecular complexity index is 333. The topological polar surface area (TPSA) is 58.1 Å². The zero-order chi connectivity index (χ0) is 11.2. The molecule has 1 aliphatic heterocycles. The normalized spacial score (nSPS) is 18.0. The highest BCUT2D eigenvalue weighted by Gasteiger charge is 2.14. The molecule has 0 spiro atoms. The molecule has 86 valence electrons. The highest BCUT2D eigenvalue weighted by molar-refractivity contribution is 5.95. The molecule has 0 unspecified atom stereocenters. The number of Topliss-reactive ketones (excluding diaryl/α,β-unsaturated/α-hetero) is 1. The molecule has 0 saturated carbocycles. The van der Waals surface area contributed by atoms with E-state index >= 15 is 0 Å². The van der Waals surface area contributed by atoms with E-state index in [1.54, 1.807) is 12.4 Å². The lowest BCUT2D eigenvalue weighted by molar-refractivity contribution is 0.0929. The first kappa shape index (κ1) is 11.2. The summed E-state index contributed by atoms with van der Waals surface area (Å²) in [4.78, 5) is 21.9. The van der Waals surface area contributed by atoms with E-state index in [9.17, 15) is 4.79 Å². The van der Waals surface area contributed by atoms with Crippen molar-refractivity contribution in [3.63, 3.8) is 0 Å². The van der Waals surface area contributed by atoms with Crippen LogP contribution in [-0.4, -0.2) is 53.4 Å². The number of nitrogens with one attached hydrogen (secondary N) is 1.